The Morgan fingerprint density at radius 1 is 0.815 bits per heavy atom. The van der Waals surface area contributed by atoms with Crippen molar-refractivity contribution in [1.29, 1.82) is 0 Å². The van der Waals surface area contributed by atoms with E-state index >= 15 is 0 Å². The predicted octanol–water partition coefficient (Wildman–Crippen LogP) is 3.45. The molecule has 2 amide bonds. The minimum absolute atomic E-state index is 0.00927. The third-order valence-corrected chi connectivity index (χ3v) is 4.42. The number of nitrogens with one attached hydrogen (secondary N) is 1. The van der Waals surface area contributed by atoms with Crippen molar-refractivity contribution in [2.24, 2.45) is 0 Å². The van der Waals surface area contributed by atoms with E-state index < -0.39 is 0 Å². The Morgan fingerprint density at radius 2 is 1.44 bits per heavy atom. The molecule has 0 aliphatic heterocycles. The monoisotopic (exact) mass is 366 g/mol. The predicted molar refractivity (Wildman–Crippen MR) is 106 cm³/mol. The van der Waals surface area contributed by atoms with E-state index in [0.29, 0.717) is 30.8 Å². The molecule has 2 aromatic carbocycles. The Bertz CT molecular complexity index is 766. The molecule has 2 rings (SSSR count). The van der Waals surface area contributed by atoms with Crippen molar-refractivity contribution in [2.75, 3.05) is 13.1 Å². The van der Waals surface area contributed by atoms with Crippen LogP contribution in [-0.2, 0) is 11.3 Å². The van der Waals surface area contributed by atoms with Gasteiger partial charge in [-0.25, -0.2) is 0 Å². The zero-order chi connectivity index (χ0) is 19.6. The Balaban J connectivity index is 1.80. The highest BCUT2D eigenvalue weighted by atomic mass is 16.2. The fraction of sp³-hybridized carbons (Fsp3) is 0.318. The first kappa shape index (κ1) is 20.4. The molecule has 0 atom stereocenters. The molecule has 0 saturated carbocycles. The van der Waals surface area contributed by atoms with Crippen molar-refractivity contribution in [3.63, 3.8) is 0 Å². The van der Waals surface area contributed by atoms with Crippen LogP contribution in [0.1, 0.15) is 53.0 Å². The fourth-order valence-electron chi connectivity index (χ4n) is 2.74. The van der Waals surface area contributed by atoms with Gasteiger partial charge in [0.05, 0.1) is 0 Å². The Hall–Kier alpha value is -2.95. The quantitative estimate of drug-likeness (QED) is 0.691. The van der Waals surface area contributed by atoms with Crippen LogP contribution in [0.5, 0.6) is 0 Å². The molecule has 142 valence electrons. The number of rotatable bonds is 9. The van der Waals surface area contributed by atoms with E-state index in [0.717, 1.165) is 5.56 Å². The van der Waals surface area contributed by atoms with Crippen LogP contribution < -0.4 is 5.32 Å². The van der Waals surface area contributed by atoms with Gasteiger partial charge in [-0.1, -0.05) is 42.5 Å². The van der Waals surface area contributed by atoms with Crippen LogP contribution >= 0.6 is 0 Å². The van der Waals surface area contributed by atoms with Crippen LogP contribution in [0.2, 0.25) is 0 Å². The zero-order valence-corrected chi connectivity index (χ0v) is 15.9. The smallest absolute Gasteiger partial charge is 0.253 e. The van der Waals surface area contributed by atoms with Gasteiger partial charge in [-0.2, -0.15) is 0 Å². The number of benzene rings is 2. The van der Waals surface area contributed by atoms with E-state index in [1.54, 1.807) is 29.2 Å². The second-order valence-electron chi connectivity index (χ2n) is 6.24. The molecule has 1 N–H and O–H groups in total. The van der Waals surface area contributed by atoms with E-state index in [2.05, 4.69) is 5.32 Å². The Labute approximate surface area is 160 Å². The summed E-state index contributed by atoms with van der Waals surface area (Å²) in [6.45, 7) is 5.63. The van der Waals surface area contributed by atoms with Crippen LogP contribution in [0.3, 0.4) is 0 Å². The van der Waals surface area contributed by atoms with Crippen molar-refractivity contribution in [2.45, 2.75) is 33.2 Å². The van der Waals surface area contributed by atoms with Gasteiger partial charge in [0, 0.05) is 43.6 Å². The second-order valence-corrected chi connectivity index (χ2v) is 6.24. The molecule has 0 aromatic heterocycles. The molecule has 5 nitrogen and oxygen atoms in total. The summed E-state index contributed by atoms with van der Waals surface area (Å²) in [4.78, 5) is 38.0. The van der Waals surface area contributed by atoms with Crippen molar-refractivity contribution in [3.8, 4) is 0 Å². The van der Waals surface area contributed by atoms with Crippen molar-refractivity contribution >= 4 is 17.6 Å². The van der Waals surface area contributed by atoms with Crippen LogP contribution in [0.4, 0.5) is 0 Å². The van der Waals surface area contributed by atoms with Gasteiger partial charge in [-0.15, -0.1) is 0 Å². The van der Waals surface area contributed by atoms with Gasteiger partial charge in [-0.3, -0.25) is 14.4 Å². The SMILES string of the molecule is CCN(CC)C(=O)c1ccc(CNC(=O)CCC(=O)c2ccccc2)cc1. The molecule has 0 bridgehead atoms. The molecule has 2 aromatic rings. The first-order valence-corrected chi connectivity index (χ1v) is 9.28. The minimum atomic E-state index is -0.164. The van der Waals surface area contributed by atoms with Crippen LogP contribution in [0.15, 0.2) is 54.6 Å². The molecule has 0 fully saturated rings. The average Bonchev–Trinajstić information content (AvgIpc) is 2.72. The average molecular weight is 366 g/mol. The highest BCUT2D eigenvalue weighted by Gasteiger charge is 2.12. The summed E-state index contributed by atoms with van der Waals surface area (Å²) in [5.74, 6) is -0.192. The topological polar surface area (TPSA) is 66.5 Å². The Kier molecular flexibility index (Phi) is 7.74. The molecule has 0 radical (unpaired) electrons. The molecule has 0 aliphatic rings. The van der Waals surface area contributed by atoms with E-state index in [-0.39, 0.29) is 30.4 Å². The number of ketones is 1. The number of amides is 2. The summed E-state index contributed by atoms with van der Waals surface area (Å²) < 4.78 is 0. The van der Waals surface area contributed by atoms with Crippen LogP contribution in [0, 0.1) is 0 Å². The molecule has 0 saturated heterocycles. The fourth-order valence-corrected chi connectivity index (χ4v) is 2.74. The molecule has 0 unspecified atom stereocenters. The molecule has 0 spiro atoms. The van der Waals surface area contributed by atoms with Gasteiger partial charge in [0.15, 0.2) is 5.78 Å². The van der Waals surface area contributed by atoms with E-state index in [9.17, 15) is 14.4 Å². The van der Waals surface area contributed by atoms with Gasteiger partial charge < -0.3 is 10.2 Å². The summed E-state index contributed by atoms with van der Waals surface area (Å²) in [7, 11) is 0. The van der Waals surface area contributed by atoms with Gasteiger partial charge in [-0.05, 0) is 31.5 Å². The lowest BCUT2D eigenvalue weighted by atomic mass is 10.1. The summed E-state index contributed by atoms with van der Waals surface area (Å²) in [6, 6.07) is 16.2. The molecule has 0 heterocycles. The van der Waals surface area contributed by atoms with Gasteiger partial charge in [0.25, 0.3) is 5.91 Å². The van der Waals surface area contributed by atoms with E-state index in [1.165, 1.54) is 0 Å². The lowest BCUT2D eigenvalue weighted by molar-refractivity contribution is -0.121. The van der Waals surface area contributed by atoms with Gasteiger partial charge in [0.2, 0.25) is 5.91 Å². The normalized spacial score (nSPS) is 10.3. The zero-order valence-electron chi connectivity index (χ0n) is 15.9. The summed E-state index contributed by atoms with van der Waals surface area (Å²) in [5.41, 5.74) is 2.18. The number of carbonyl (C=O) groups is 3. The van der Waals surface area contributed by atoms with Gasteiger partial charge in [0.1, 0.15) is 0 Å². The maximum atomic E-state index is 12.3. The number of hydrogen-bond acceptors (Lipinski definition) is 3. The van der Waals surface area contributed by atoms with Crippen molar-refractivity contribution in [1.82, 2.24) is 10.2 Å². The van der Waals surface area contributed by atoms with Gasteiger partial charge >= 0.3 is 0 Å². The van der Waals surface area contributed by atoms with Crippen molar-refractivity contribution < 1.29 is 14.4 Å². The van der Waals surface area contributed by atoms with E-state index in [4.69, 9.17) is 0 Å². The molecule has 0 aliphatic carbocycles. The van der Waals surface area contributed by atoms with Crippen molar-refractivity contribution in [3.05, 3.63) is 71.3 Å². The molecular formula is C22H26N2O3. The standard InChI is InChI=1S/C22H26N2O3/c1-3-24(4-2)22(27)19-12-10-17(11-13-19)16-23-21(26)15-14-20(25)18-8-6-5-7-9-18/h5-13H,3-4,14-16H2,1-2H3,(H,23,26). The van der Waals surface area contributed by atoms with Crippen LogP contribution in [-0.4, -0.2) is 35.6 Å². The maximum absolute atomic E-state index is 12.3. The number of Topliss-reactive ketones (excluding diaryl/α,β-unsaturated/α-hetero) is 1. The molecule has 27 heavy (non-hydrogen) atoms. The third kappa shape index (κ3) is 6.06. The summed E-state index contributed by atoms with van der Waals surface area (Å²) in [6.07, 6.45) is 0.347. The maximum Gasteiger partial charge on any atom is 0.253 e. The molecule has 5 heteroatoms. The van der Waals surface area contributed by atoms with E-state index in [1.807, 2.05) is 44.2 Å². The largest absolute Gasteiger partial charge is 0.352 e. The third-order valence-electron chi connectivity index (χ3n) is 4.42. The number of nitrogens with zero attached hydrogens (tertiary/aromatic N) is 1. The lowest BCUT2D eigenvalue weighted by Crippen LogP contribution is -2.30. The number of hydrogen-bond donors (Lipinski definition) is 1. The summed E-state index contributed by atoms with van der Waals surface area (Å²) >= 11 is 0. The highest BCUT2D eigenvalue weighted by Crippen LogP contribution is 2.09. The second kappa shape index (κ2) is 10.3. The molecular weight excluding hydrogens is 340 g/mol. The lowest BCUT2D eigenvalue weighted by Gasteiger charge is -2.18. The first-order chi connectivity index (χ1) is 13.0. The first-order valence-electron chi connectivity index (χ1n) is 9.28. The Morgan fingerprint density at radius 3 is 2.04 bits per heavy atom. The minimum Gasteiger partial charge on any atom is -0.352 e. The summed E-state index contributed by atoms with van der Waals surface area (Å²) in [5, 5.41) is 2.81. The van der Waals surface area contributed by atoms with Crippen LogP contribution in [0.25, 0.3) is 0 Å². The number of carbonyl (C=O) groups excluding carboxylic acids is 3. The highest BCUT2D eigenvalue weighted by molar-refractivity contribution is 5.98.